The Morgan fingerprint density at radius 2 is 2.16 bits per heavy atom. The summed E-state index contributed by atoms with van der Waals surface area (Å²) in [6, 6.07) is 9.96. The second kappa shape index (κ2) is 5.83. The number of hydrogen-bond acceptors (Lipinski definition) is 3. The molecule has 0 saturated carbocycles. The van der Waals surface area contributed by atoms with Crippen LogP contribution in [0.3, 0.4) is 0 Å². The van der Waals surface area contributed by atoms with Crippen molar-refractivity contribution in [2.75, 3.05) is 5.32 Å². The van der Waals surface area contributed by atoms with Crippen LogP contribution in [0.5, 0.6) is 0 Å². The standard InChI is InChI=1S/C13H7BrClN3O/c14-12-4-2-9(7-17-12)13(19)18-11-5-8(6-16)1-3-10(11)15/h1-5,7H,(H,18,19). The molecule has 0 aliphatic rings. The molecule has 94 valence electrons. The minimum Gasteiger partial charge on any atom is -0.321 e. The molecule has 0 aliphatic heterocycles. The predicted octanol–water partition coefficient (Wildman–Crippen LogP) is 3.62. The molecule has 0 atom stereocenters. The summed E-state index contributed by atoms with van der Waals surface area (Å²) in [6.45, 7) is 0. The van der Waals surface area contributed by atoms with Gasteiger partial charge in [0.25, 0.3) is 5.91 Å². The molecular weight excluding hydrogens is 330 g/mol. The molecule has 1 aromatic heterocycles. The molecule has 6 heteroatoms. The number of benzene rings is 1. The second-order valence-electron chi connectivity index (χ2n) is 3.63. The minimum absolute atomic E-state index is 0.336. The van der Waals surface area contributed by atoms with Crippen LogP contribution >= 0.6 is 27.5 Å². The summed E-state index contributed by atoms with van der Waals surface area (Å²) in [5.74, 6) is -0.336. The molecule has 1 heterocycles. The van der Waals surface area contributed by atoms with Gasteiger partial charge in [0.05, 0.1) is 27.9 Å². The Labute approximate surface area is 123 Å². The summed E-state index contributed by atoms with van der Waals surface area (Å²) in [7, 11) is 0. The van der Waals surface area contributed by atoms with Crippen LogP contribution in [0.25, 0.3) is 0 Å². The minimum atomic E-state index is -0.336. The number of nitrogens with zero attached hydrogens (tertiary/aromatic N) is 2. The number of hydrogen-bond donors (Lipinski definition) is 1. The molecular formula is C13H7BrClN3O. The molecule has 19 heavy (non-hydrogen) atoms. The Hall–Kier alpha value is -1.90. The van der Waals surface area contributed by atoms with E-state index in [1.807, 2.05) is 6.07 Å². The Morgan fingerprint density at radius 3 is 2.79 bits per heavy atom. The van der Waals surface area contributed by atoms with E-state index < -0.39 is 0 Å². The van der Waals surface area contributed by atoms with Gasteiger partial charge < -0.3 is 5.32 Å². The van der Waals surface area contributed by atoms with Crippen molar-refractivity contribution in [1.82, 2.24) is 4.98 Å². The van der Waals surface area contributed by atoms with Crippen LogP contribution in [0, 0.1) is 11.3 Å². The van der Waals surface area contributed by atoms with E-state index in [1.165, 1.54) is 12.3 Å². The predicted molar refractivity (Wildman–Crippen MR) is 76.1 cm³/mol. The Bertz CT molecular complexity index is 665. The summed E-state index contributed by atoms with van der Waals surface area (Å²) in [4.78, 5) is 15.9. The highest BCUT2D eigenvalue weighted by Gasteiger charge is 2.09. The smallest absolute Gasteiger partial charge is 0.257 e. The van der Waals surface area contributed by atoms with Crippen molar-refractivity contribution in [2.24, 2.45) is 0 Å². The number of rotatable bonds is 2. The third-order valence-corrected chi connectivity index (χ3v) is 3.13. The molecule has 1 N–H and O–H groups in total. The van der Waals surface area contributed by atoms with Crippen molar-refractivity contribution in [3.8, 4) is 6.07 Å². The fourth-order valence-electron chi connectivity index (χ4n) is 1.40. The van der Waals surface area contributed by atoms with Crippen molar-refractivity contribution < 1.29 is 4.79 Å². The first-order valence-corrected chi connectivity index (χ1v) is 6.40. The van der Waals surface area contributed by atoms with Crippen molar-refractivity contribution in [1.29, 1.82) is 5.26 Å². The summed E-state index contributed by atoms with van der Waals surface area (Å²) < 4.78 is 0.647. The molecule has 0 fully saturated rings. The normalized spacial score (nSPS) is 9.74. The number of amides is 1. The van der Waals surface area contributed by atoms with Crippen LogP contribution < -0.4 is 5.32 Å². The number of halogens is 2. The zero-order valence-electron chi connectivity index (χ0n) is 9.52. The van der Waals surface area contributed by atoms with E-state index in [0.717, 1.165) is 0 Å². The molecule has 4 nitrogen and oxygen atoms in total. The number of nitrogens with one attached hydrogen (secondary N) is 1. The van der Waals surface area contributed by atoms with Gasteiger partial charge in [0.15, 0.2) is 0 Å². The van der Waals surface area contributed by atoms with Gasteiger partial charge in [-0.05, 0) is 46.3 Å². The van der Waals surface area contributed by atoms with Gasteiger partial charge in [0.2, 0.25) is 0 Å². The molecule has 1 amide bonds. The van der Waals surface area contributed by atoms with E-state index in [2.05, 4.69) is 26.2 Å². The molecule has 2 rings (SSSR count). The van der Waals surface area contributed by atoms with E-state index in [0.29, 0.717) is 26.4 Å². The molecule has 0 saturated heterocycles. The van der Waals surface area contributed by atoms with Crippen LogP contribution in [0.1, 0.15) is 15.9 Å². The maximum absolute atomic E-state index is 12.0. The van der Waals surface area contributed by atoms with Gasteiger partial charge in [-0.15, -0.1) is 0 Å². The fraction of sp³-hybridized carbons (Fsp3) is 0. The van der Waals surface area contributed by atoms with Crippen LogP contribution in [0.2, 0.25) is 5.02 Å². The molecule has 0 spiro atoms. The third-order valence-electron chi connectivity index (χ3n) is 2.33. The molecule has 1 aromatic carbocycles. The van der Waals surface area contributed by atoms with Crippen LogP contribution in [0.4, 0.5) is 5.69 Å². The van der Waals surface area contributed by atoms with E-state index >= 15 is 0 Å². The summed E-state index contributed by atoms with van der Waals surface area (Å²) >= 11 is 9.15. The number of carbonyl (C=O) groups is 1. The highest BCUT2D eigenvalue weighted by Crippen LogP contribution is 2.23. The lowest BCUT2D eigenvalue weighted by Gasteiger charge is -2.07. The lowest BCUT2D eigenvalue weighted by Crippen LogP contribution is -2.12. The zero-order valence-corrected chi connectivity index (χ0v) is 11.9. The Balaban J connectivity index is 2.24. The maximum Gasteiger partial charge on any atom is 0.257 e. The number of carbonyl (C=O) groups excluding carboxylic acids is 1. The zero-order chi connectivity index (χ0) is 13.8. The van der Waals surface area contributed by atoms with Gasteiger partial charge in [0.1, 0.15) is 4.60 Å². The fourth-order valence-corrected chi connectivity index (χ4v) is 1.79. The summed E-state index contributed by atoms with van der Waals surface area (Å²) in [5.41, 5.74) is 1.23. The van der Waals surface area contributed by atoms with Crippen molar-refractivity contribution in [3.05, 3.63) is 57.3 Å². The van der Waals surface area contributed by atoms with E-state index in [1.54, 1.807) is 24.3 Å². The first-order chi connectivity index (χ1) is 9.10. The SMILES string of the molecule is N#Cc1ccc(Cl)c(NC(=O)c2ccc(Br)nc2)c1. The van der Waals surface area contributed by atoms with Gasteiger partial charge in [-0.2, -0.15) is 5.26 Å². The lowest BCUT2D eigenvalue weighted by molar-refractivity contribution is 0.102. The summed E-state index contributed by atoms with van der Waals surface area (Å²) in [5, 5.41) is 11.8. The van der Waals surface area contributed by atoms with Gasteiger partial charge in [0, 0.05) is 6.20 Å². The molecule has 0 bridgehead atoms. The van der Waals surface area contributed by atoms with E-state index in [-0.39, 0.29) is 5.91 Å². The molecule has 0 aliphatic carbocycles. The van der Waals surface area contributed by atoms with E-state index in [4.69, 9.17) is 16.9 Å². The Kier molecular flexibility index (Phi) is 4.15. The Morgan fingerprint density at radius 1 is 1.37 bits per heavy atom. The van der Waals surface area contributed by atoms with Crippen LogP contribution in [-0.2, 0) is 0 Å². The number of nitriles is 1. The third kappa shape index (κ3) is 3.31. The number of pyridine rings is 1. The topological polar surface area (TPSA) is 65.8 Å². The summed E-state index contributed by atoms with van der Waals surface area (Å²) in [6.07, 6.45) is 1.45. The first kappa shape index (κ1) is 13.5. The molecule has 0 unspecified atom stereocenters. The highest BCUT2D eigenvalue weighted by atomic mass is 79.9. The van der Waals surface area contributed by atoms with Gasteiger partial charge in [-0.3, -0.25) is 4.79 Å². The molecule has 0 radical (unpaired) electrons. The maximum atomic E-state index is 12.0. The first-order valence-electron chi connectivity index (χ1n) is 5.22. The second-order valence-corrected chi connectivity index (χ2v) is 4.85. The largest absolute Gasteiger partial charge is 0.321 e. The van der Waals surface area contributed by atoms with Crippen molar-refractivity contribution in [3.63, 3.8) is 0 Å². The van der Waals surface area contributed by atoms with Crippen LogP contribution in [-0.4, -0.2) is 10.9 Å². The quantitative estimate of drug-likeness (QED) is 0.852. The van der Waals surface area contributed by atoms with Crippen molar-refractivity contribution in [2.45, 2.75) is 0 Å². The average Bonchev–Trinajstić information content (AvgIpc) is 2.42. The monoisotopic (exact) mass is 335 g/mol. The van der Waals surface area contributed by atoms with Crippen molar-refractivity contribution >= 4 is 39.1 Å². The highest BCUT2D eigenvalue weighted by molar-refractivity contribution is 9.10. The number of aromatic nitrogens is 1. The van der Waals surface area contributed by atoms with E-state index in [9.17, 15) is 4.79 Å². The average molecular weight is 337 g/mol. The van der Waals surface area contributed by atoms with Gasteiger partial charge >= 0.3 is 0 Å². The van der Waals surface area contributed by atoms with Gasteiger partial charge in [-0.1, -0.05) is 11.6 Å². The van der Waals surface area contributed by atoms with Gasteiger partial charge in [-0.25, -0.2) is 4.98 Å². The lowest BCUT2D eigenvalue weighted by atomic mass is 10.2. The number of anilines is 1. The molecule has 2 aromatic rings. The van der Waals surface area contributed by atoms with Crippen LogP contribution in [0.15, 0.2) is 41.1 Å².